The molecule has 4 aromatic rings. The summed E-state index contributed by atoms with van der Waals surface area (Å²) in [5.41, 5.74) is 1.70. The van der Waals surface area contributed by atoms with E-state index in [9.17, 15) is 14.4 Å². The van der Waals surface area contributed by atoms with Gasteiger partial charge in [0.2, 0.25) is 0 Å². The standard InChI is InChI=1S/C28H18Br2N2O4/c29-19-10-12-20(13-11-19)32-27(34)23(26(33)31-28(32)35)15-22-21-7-3-1-5-17(21)9-14-25(22)36-16-18-6-2-4-8-24(18)30/h1-15H,16H2,(H,31,33,35)/b23-15+. The van der Waals surface area contributed by atoms with Crippen molar-refractivity contribution in [2.45, 2.75) is 6.61 Å². The number of carbonyl (C=O) groups is 3. The lowest BCUT2D eigenvalue weighted by molar-refractivity contribution is -0.122. The first-order valence-corrected chi connectivity index (χ1v) is 12.6. The van der Waals surface area contributed by atoms with Gasteiger partial charge in [-0.1, -0.05) is 80.4 Å². The lowest BCUT2D eigenvalue weighted by atomic mass is 9.99. The van der Waals surface area contributed by atoms with E-state index in [2.05, 4.69) is 37.2 Å². The van der Waals surface area contributed by atoms with Crippen LogP contribution in [0.3, 0.4) is 0 Å². The second-order valence-electron chi connectivity index (χ2n) is 8.01. The molecule has 8 heteroatoms. The number of benzene rings is 4. The van der Waals surface area contributed by atoms with Gasteiger partial charge in [-0.05, 0) is 53.2 Å². The Morgan fingerprint density at radius 3 is 2.33 bits per heavy atom. The van der Waals surface area contributed by atoms with E-state index in [0.717, 1.165) is 30.2 Å². The molecule has 0 unspecified atom stereocenters. The van der Waals surface area contributed by atoms with E-state index in [1.807, 2.05) is 60.7 Å². The molecule has 0 bridgehead atoms. The molecule has 178 valence electrons. The maximum absolute atomic E-state index is 13.4. The van der Waals surface area contributed by atoms with Crippen molar-refractivity contribution in [2.75, 3.05) is 4.90 Å². The number of rotatable bonds is 5. The highest BCUT2D eigenvalue weighted by Gasteiger charge is 2.37. The molecular formula is C28H18Br2N2O4. The second-order valence-corrected chi connectivity index (χ2v) is 9.78. The molecule has 0 spiro atoms. The topological polar surface area (TPSA) is 75.7 Å². The van der Waals surface area contributed by atoms with Crippen LogP contribution >= 0.6 is 31.9 Å². The van der Waals surface area contributed by atoms with E-state index in [1.54, 1.807) is 24.3 Å². The van der Waals surface area contributed by atoms with Crippen molar-refractivity contribution < 1.29 is 19.1 Å². The fraction of sp³-hybridized carbons (Fsp3) is 0.0357. The summed E-state index contributed by atoms with van der Waals surface area (Å²) in [5.74, 6) is -0.969. The molecule has 1 heterocycles. The number of fused-ring (bicyclic) bond motifs is 1. The number of imide groups is 2. The third kappa shape index (κ3) is 4.69. The van der Waals surface area contributed by atoms with Crippen molar-refractivity contribution in [1.82, 2.24) is 5.32 Å². The van der Waals surface area contributed by atoms with Crippen LogP contribution in [0, 0.1) is 0 Å². The lowest BCUT2D eigenvalue weighted by Gasteiger charge is -2.26. The van der Waals surface area contributed by atoms with Gasteiger partial charge in [0, 0.05) is 20.1 Å². The summed E-state index contributed by atoms with van der Waals surface area (Å²) in [6.07, 6.45) is 1.49. The van der Waals surface area contributed by atoms with Gasteiger partial charge in [0.15, 0.2) is 0 Å². The van der Waals surface area contributed by atoms with Crippen molar-refractivity contribution in [1.29, 1.82) is 0 Å². The Balaban J connectivity index is 1.59. The highest BCUT2D eigenvalue weighted by molar-refractivity contribution is 9.10. The average Bonchev–Trinajstić information content (AvgIpc) is 2.87. The molecule has 4 amide bonds. The first-order chi connectivity index (χ1) is 17.4. The van der Waals surface area contributed by atoms with Crippen LogP contribution in [0.2, 0.25) is 0 Å². The van der Waals surface area contributed by atoms with Crippen molar-refractivity contribution >= 4 is 72.2 Å². The molecule has 36 heavy (non-hydrogen) atoms. The Labute approximate surface area is 223 Å². The van der Waals surface area contributed by atoms with Gasteiger partial charge in [0.05, 0.1) is 5.69 Å². The summed E-state index contributed by atoms with van der Waals surface area (Å²) in [7, 11) is 0. The van der Waals surface area contributed by atoms with Gasteiger partial charge in [-0.15, -0.1) is 0 Å². The SMILES string of the molecule is O=C1NC(=O)N(c2ccc(Br)cc2)C(=O)/C1=C/c1c(OCc2ccccc2Br)ccc2ccccc12. The van der Waals surface area contributed by atoms with Crippen molar-refractivity contribution in [3.8, 4) is 5.75 Å². The quantitative estimate of drug-likeness (QED) is 0.205. The summed E-state index contributed by atoms with van der Waals surface area (Å²) in [6.45, 7) is 0.277. The van der Waals surface area contributed by atoms with Crippen LogP contribution in [0.15, 0.2) is 99.4 Å². The van der Waals surface area contributed by atoms with E-state index in [4.69, 9.17) is 4.74 Å². The van der Waals surface area contributed by atoms with E-state index in [1.165, 1.54) is 6.08 Å². The number of carbonyl (C=O) groups excluding carboxylic acids is 3. The predicted octanol–water partition coefficient (Wildman–Crippen LogP) is 6.61. The van der Waals surface area contributed by atoms with Gasteiger partial charge in [0.1, 0.15) is 17.9 Å². The van der Waals surface area contributed by atoms with Gasteiger partial charge in [-0.2, -0.15) is 0 Å². The first kappa shape index (κ1) is 24.0. The smallest absolute Gasteiger partial charge is 0.335 e. The van der Waals surface area contributed by atoms with Crippen LogP contribution in [0.5, 0.6) is 5.75 Å². The Kier molecular flexibility index (Phi) is 6.71. The molecule has 0 aromatic heterocycles. The van der Waals surface area contributed by atoms with Gasteiger partial charge in [-0.3, -0.25) is 14.9 Å². The number of amides is 4. The number of anilines is 1. The number of urea groups is 1. The molecule has 0 atom stereocenters. The third-order valence-electron chi connectivity index (χ3n) is 5.75. The largest absolute Gasteiger partial charge is 0.488 e. The third-order valence-corrected chi connectivity index (χ3v) is 7.05. The molecule has 1 saturated heterocycles. The van der Waals surface area contributed by atoms with Crippen molar-refractivity contribution in [3.05, 3.63) is 111 Å². The molecule has 0 aliphatic carbocycles. The summed E-state index contributed by atoms with van der Waals surface area (Å²) < 4.78 is 7.88. The number of barbiturate groups is 1. The van der Waals surface area contributed by atoms with Gasteiger partial charge in [0.25, 0.3) is 11.8 Å². The van der Waals surface area contributed by atoms with Crippen LogP contribution in [-0.4, -0.2) is 17.8 Å². The van der Waals surface area contributed by atoms with Crippen molar-refractivity contribution in [2.24, 2.45) is 0 Å². The Bertz CT molecular complexity index is 1550. The van der Waals surface area contributed by atoms with Gasteiger partial charge in [-0.25, -0.2) is 9.69 Å². The predicted molar refractivity (Wildman–Crippen MR) is 146 cm³/mol. The van der Waals surface area contributed by atoms with Crippen LogP contribution in [-0.2, 0) is 16.2 Å². The normalized spacial score (nSPS) is 14.9. The zero-order valence-electron chi connectivity index (χ0n) is 18.7. The van der Waals surface area contributed by atoms with E-state index in [0.29, 0.717) is 17.0 Å². The molecule has 1 fully saturated rings. The monoisotopic (exact) mass is 604 g/mol. The number of halogens is 2. The number of hydrogen-bond acceptors (Lipinski definition) is 4. The summed E-state index contributed by atoms with van der Waals surface area (Å²) in [5, 5.41) is 4.00. The maximum atomic E-state index is 13.4. The number of hydrogen-bond donors (Lipinski definition) is 1. The van der Waals surface area contributed by atoms with Gasteiger partial charge < -0.3 is 4.74 Å². The van der Waals surface area contributed by atoms with Crippen LogP contribution in [0.1, 0.15) is 11.1 Å². The van der Waals surface area contributed by atoms with E-state index >= 15 is 0 Å². The first-order valence-electron chi connectivity index (χ1n) is 11.0. The Morgan fingerprint density at radius 2 is 1.56 bits per heavy atom. The van der Waals surface area contributed by atoms with Crippen LogP contribution in [0.4, 0.5) is 10.5 Å². The highest BCUT2D eigenvalue weighted by atomic mass is 79.9. The van der Waals surface area contributed by atoms with Crippen LogP contribution in [0.25, 0.3) is 16.8 Å². The van der Waals surface area contributed by atoms with E-state index < -0.39 is 17.8 Å². The lowest BCUT2D eigenvalue weighted by Crippen LogP contribution is -2.54. The average molecular weight is 606 g/mol. The number of nitrogens with zero attached hydrogens (tertiary/aromatic N) is 1. The van der Waals surface area contributed by atoms with Crippen LogP contribution < -0.4 is 15.0 Å². The molecule has 4 aromatic carbocycles. The summed E-state index contributed by atoms with van der Waals surface area (Å²) in [4.78, 5) is 39.8. The summed E-state index contributed by atoms with van der Waals surface area (Å²) in [6, 6.07) is 25.0. The molecule has 1 N–H and O–H groups in total. The van der Waals surface area contributed by atoms with E-state index in [-0.39, 0.29) is 12.2 Å². The zero-order chi connectivity index (χ0) is 25.2. The number of ether oxygens (including phenoxy) is 1. The fourth-order valence-electron chi connectivity index (χ4n) is 3.95. The Hall–Kier alpha value is -3.75. The minimum atomic E-state index is -0.798. The fourth-order valence-corrected chi connectivity index (χ4v) is 4.61. The van der Waals surface area contributed by atoms with Gasteiger partial charge >= 0.3 is 6.03 Å². The molecule has 6 nitrogen and oxygen atoms in total. The molecule has 1 aliphatic rings. The molecule has 0 radical (unpaired) electrons. The maximum Gasteiger partial charge on any atom is 0.335 e. The molecule has 0 saturated carbocycles. The second kappa shape index (κ2) is 10.1. The minimum Gasteiger partial charge on any atom is -0.488 e. The molecule has 1 aliphatic heterocycles. The molecule has 5 rings (SSSR count). The highest BCUT2D eigenvalue weighted by Crippen LogP contribution is 2.33. The Morgan fingerprint density at radius 1 is 0.833 bits per heavy atom. The number of nitrogens with one attached hydrogen (secondary N) is 1. The summed E-state index contributed by atoms with van der Waals surface area (Å²) >= 11 is 6.88. The minimum absolute atomic E-state index is 0.167. The zero-order valence-corrected chi connectivity index (χ0v) is 21.9. The molecular weight excluding hydrogens is 588 g/mol. The van der Waals surface area contributed by atoms with Crippen molar-refractivity contribution in [3.63, 3.8) is 0 Å².